The first-order valence-electron chi connectivity index (χ1n) is 5.63. The highest BCUT2D eigenvalue weighted by Gasteiger charge is 2.48. The third kappa shape index (κ3) is 1.65. The summed E-state index contributed by atoms with van der Waals surface area (Å²) < 4.78 is 0. The van der Waals surface area contributed by atoms with E-state index in [0.717, 1.165) is 32.4 Å². The molecule has 14 heavy (non-hydrogen) atoms. The minimum Gasteiger partial charge on any atom is -0.339 e. The molecule has 2 atom stereocenters. The predicted octanol–water partition coefficient (Wildman–Crippen LogP) is 0.982. The van der Waals surface area contributed by atoms with Crippen LogP contribution >= 0.6 is 0 Å². The summed E-state index contributed by atoms with van der Waals surface area (Å²) in [6.45, 7) is 5.85. The van der Waals surface area contributed by atoms with E-state index in [2.05, 4.69) is 13.8 Å². The molecule has 0 radical (unpaired) electrons. The smallest absolute Gasteiger partial charge is 0.226 e. The van der Waals surface area contributed by atoms with Gasteiger partial charge >= 0.3 is 0 Å². The normalized spacial score (nSPS) is 33.8. The van der Waals surface area contributed by atoms with Crippen molar-refractivity contribution in [1.82, 2.24) is 4.90 Å². The summed E-state index contributed by atoms with van der Waals surface area (Å²) in [6.07, 6.45) is 3.23. The van der Waals surface area contributed by atoms with E-state index in [-0.39, 0.29) is 5.54 Å². The maximum atomic E-state index is 11.8. The molecule has 2 rings (SSSR count). The van der Waals surface area contributed by atoms with Gasteiger partial charge in [0.1, 0.15) is 0 Å². The van der Waals surface area contributed by atoms with Gasteiger partial charge in [-0.25, -0.2) is 0 Å². The van der Waals surface area contributed by atoms with Crippen LogP contribution in [0, 0.1) is 11.8 Å². The molecule has 0 bridgehead atoms. The molecule has 0 aromatic heterocycles. The third-order valence-electron chi connectivity index (χ3n) is 3.50. The number of amides is 1. The van der Waals surface area contributed by atoms with E-state index in [9.17, 15) is 4.79 Å². The molecule has 3 nitrogen and oxygen atoms in total. The molecule has 1 amide bonds. The van der Waals surface area contributed by atoms with Crippen LogP contribution in [0.3, 0.4) is 0 Å². The van der Waals surface area contributed by atoms with Crippen LogP contribution < -0.4 is 5.73 Å². The summed E-state index contributed by atoms with van der Waals surface area (Å²) >= 11 is 0. The Kier molecular flexibility index (Phi) is 2.30. The van der Waals surface area contributed by atoms with Crippen LogP contribution in [-0.2, 0) is 4.79 Å². The van der Waals surface area contributed by atoms with Crippen molar-refractivity contribution in [1.29, 1.82) is 0 Å². The molecule has 2 N–H and O–H groups in total. The van der Waals surface area contributed by atoms with Gasteiger partial charge in [-0.2, -0.15) is 0 Å². The maximum absolute atomic E-state index is 11.8. The number of rotatable bonds is 3. The molecule has 80 valence electrons. The fourth-order valence-corrected chi connectivity index (χ4v) is 2.43. The Labute approximate surface area is 85.6 Å². The topological polar surface area (TPSA) is 46.3 Å². The van der Waals surface area contributed by atoms with Crippen molar-refractivity contribution < 1.29 is 4.79 Å². The van der Waals surface area contributed by atoms with Crippen molar-refractivity contribution in [2.24, 2.45) is 17.6 Å². The minimum atomic E-state index is -0.0669. The Bertz CT molecular complexity index is 246. The molecule has 0 aromatic rings. The Hall–Kier alpha value is -0.570. The molecule has 0 aromatic carbocycles. The molecule has 1 aliphatic carbocycles. The largest absolute Gasteiger partial charge is 0.339 e. The standard InChI is InChI=1S/C11H20N2O/c1-3-4-11(12)6-13(7-11)10(14)9-5-8(9)2/h8-9H,3-7,12H2,1-2H3. The second-order valence-electron chi connectivity index (χ2n) is 5.13. The zero-order valence-electron chi connectivity index (χ0n) is 9.12. The lowest BCUT2D eigenvalue weighted by molar-refractivity contribution is -0.140. The van der Waals surface area contributed by atoms with Gasteiger partial charge < -0.3 is 10.6 Å². The molecule has 1 saturated heterocycles. The molecule has 0 spiro atoms. The first-order chi connectivity index (χ1) is 6.56. The highest BCUT2D eigenvalue weighted by atomic mass is 16.2. The van der Waals surface area contributed by atoms with Crippen LogP contribution in [0.4, 0.5) is 0 Å². The van der Waals surface area contributed by atoms with E-state index < -0.39 is 0 Å². The third-order valence-corrected chi connectivity index (χ3v) is 3.50. The van der Waals surface area contributed by atoms with Crippen LogP contribution in [0.25, 0.3) is 0 Å². The molecular weight excluding hydrogens is 176 g/mol. The van der Waals surface area contributed by atoms with Crippen molar-refractivity contribution in [3.05, 3.63) is 0 Å². The van der Waals surface area contributed by atoms with E-state index in [4.69, 9.17) is 5.73 Å². The molecule has 2 unspecified atom stereocenters. The average molecular weight is 196 g/mol. The number of hydrogen-bond donors (Lipinski definition) is 1. The zero-order chi connectivity index (χ0) is 10.3. The van der Waals surface area contributed by atoms with Crippen molar-refractivity contribution in [3.63, 3.8) is 0 Å². The first kappa shape index (κ1) is 9.97. The predicted molar refractivity (Wildman–Crippen MR) is 55.7 cm³/mol. The van der Waals surface area contributed by atoms with E-state index in [1.807, 2.05) is 4.90 Å². The van der Waals surface area contributed by atoms with Crippen molar-refractivity contribution in [2.45, 2.75) is 38.6 Å². The molecule has 2 fully saturated rings. The monoisotopic (exact) mass is 196 g/mol. The average Bonchev–Trinajstić information content (AvgIpc) is 2.77. The van der Waals surface area contributed by atoms with Gasteiger partial charge in [-0.05, 0) is 18.8 Å². The van der Waals surface area contributed by atoms with Crippen LogP contribution in [0.2, 0.25) is 0 Å². The number of nitrogens with two attached hydrogens (primary N) is 1. The highest BCUT2D eigenvalue weighted by molar-refractivity contribution is 5.82. The summed E-state index contributed by atoms with van der Waals surface area (Å²) in [5.41, 5.74) is 6.04. The van der Waals surface area contributed by atoms with Gasteiger partial charge in [-0.1, -0.05) is 20.3 Å². The van der Waals surface area contributed by atoms with E-state index >= 15 is 0 Å². The summed E-state index contributed by atoms with van der Waals surface area (Å²) in [6, 6.07) is 0. The summed E-state index contributed by atoms with van der Waals surface area (Å²) in [7, 11) is 0. The summed E-state index contributed by atoms with van der Waals surface area (Å²) in [5, 5.41) is 0. The van der Waals surface area contributed by atoms with Crippen LogP contribution in [-0.4, -0.2) is 29.4 Å². The van der Waals surface area contributed by atoms with Gasteiger partial charge in [0.25, 0.3) is 0 Å². The lowest BCUT2D eigenvalue weighted by Gasteiger charge is -2.48. The quantitative estimate of drug-likeness (QED) is 0.731. The van der Waals surface area contributed by atoms with Gasteiger partial charge in [0.2, 0.25) is 5.91 Å². The van der Waals surface area contributed by atoms with E-state index in [0.29, 0.717) is 17.7 Å². The number of carbonyl (C=O) groups is 1. The maximum Gasteiger partial charge on any atom is 0.226 e. The summed E-state index contributed by atoms with van der Waals surface area (Å²) in [5.74, 6) is 1.28. The van der Waals surface area contributed by atoms with Crippen molar-refractivity contribution >= 4 is 5.91 Å². The lowest BCUT2D eigenvalue weighted by Crippen LogP contribution is -2.68. The van der Waals surface area contributed by atoms with E-state index in [1.54, 1.807) is 0 Å². The Morgan fingerprint density at radius 2 is 2.14 bits per heavy atom. The first-order valence-corrected chi connectivity index (χ1v) is 5.63. The van der Waals surface area contributed by atoms with E-state index in [1.165, 1.54) is 0 Å². The molecule has 1 heterocycles. The Balaban J connectivity index is 1.79. The zero-order valence-corrected chi connectivity index (χ0v) is 9.12. The van der Waals surface area contributed by atoms with Crippen molar-refractivity contribution in [2.75, 3.05) is 13.1 Å². The van der Waals surface area contributed by atoms with Gasteiger partial charge in [0.05, 0.1) is 5.54 Å². The van der Waals surface area contributed by atoms with Gasteiger partial charge in [-0.15, -0.1) is 0 Å². The lowest BCUT2D eigenvalue weighted by atomic mass is 9.86. The Morgan fingerprint density at radius 3 is 2.57 bits per heavy atom. The van der Waals surface area contributed by atoms with Gasteiger partial charge in [0, 0.05) is 19.0 Å². The highest BCUT2D eigenvalue weighted by Crippen LogP contribution is 2.40. The van der Waals surface area contributed by atoms with Gasteiger partial charge in [0.15, 0.2) is 0 Å². The number of nitrogens with zero attached hydrogens (tertiary/aromatic N) is 1. The second-order valence-corrected chi connectivity index (χ2v) is 5.13. The number of likely N-dealkylation sites (tertiary alicyclic amines) is 1. The van der Waals surface area contributed by atoms with Crippen LogP contribution in [0.1, 0.15) is 33.1 Å². The Morgan fingerprint density at radius 1 is 1.57 bits per heavy atom. The fourth-order valence-electron chi connectivity index (χ4n) is 2.43. The number of hydrogen-bond acceptors (Lipinski definition) is 2. The van der Waals surface area contributed by atoms with Crippen LogP contribution in [0.15, 0.2) is 0 Å². The molecule has 1 saturated carbocycles. The molecule has 1 aliphatic heterocycles. The van der Waals surface area contributed by atoms with Crippen molar-refractivity contribution in [3.8, 4) is 0 Å². The molecule has 2 aliphatic rings. The molecular formula is C11H20N2O. The minimum absolute atomic E-state index is 0.0669. The summed E-state index contributed by atoms with van der Waals surface area (Å²) in [4.78, 5) is 13.7. The number of carbonyl (C=O) groups excluding carboxylic acids is 1. The fraction of sp³-hybridized carbons (Fsp3) is 0.909. The second kappa shape index (κ2) is 3.23. The SMILES string of the molecule is CCCC1(N)CN(C(=O)C2CC2C)C1. The van der Waals surface area contributed by atoms with Crippen LogP contribution in [0.5, 0.6) is 0 Å². The molecule has 3 heteroatoms. The van der Waals surface area contributed by atoms with Gasteiger partial charge in [-0.3, -0.25) is 4.79 Å².